The van der Waals surface area contributed by atoms with Crippen LogP contribution in [0.1, 0.15) is 19.8 Å². The van der Waals surface area contributed by atoms with E-state index >= 15 is 0 Å². The molecule has 12 heteroatoms. The lowest BCUT2D eigenvalue weighted by atomic mass is 10.00. The molecule has 2 saturated heterocycles. The standard InChI is InChI=1S/C16H25N5O2S.2CH2O2/c1-12(22)21-10-13(2-3-14(17)11-21)15(23)19-5-7-20(8-6-19)16-18-4-9-24-16;2*2-1-3/h4,9,13-14H,2-3,5-8,10-11,17H2,1H3;2*1H,(H,2,3)/t13-,14+;;/m1../s1. The first-order valence-electron chi connectivity index (χ1n) is 9.47. The Balaban J connectivity index is 0.000000672. The summed E-state index contributed by atoms with van der Waals surface area (Å²) in [5, 5.41) is 16.8. The molecule has 2 aliphatic rings. The van der Waals surface area contributed by atoms with Crippen LogP contribution in [0.4, 0.5) is 5.13 Å². The summed E-state index contributed by atoms with van der Waals surface area (Å²) in [4.78, 5) is 51.6. The van der Waals surface area contributed by atoms with Gasteiger partial charge in [0, 0.05) is 63.8 Å². The van der Waals surface area contributed by atoms with E-state index in [0.717, 1.165) is 31.1 Å². The monoisotopic (exact) mass is 443 g/mol. The van der Waals surface area contributed by atoms with Crippen LogP contribution in [0, 0.1) is 5.92 Å². The lowest BCUT2D eigenvalue weighted by Crippen LogP contribution is -2.51. The third kappa shape index (κ3) is 7.95. The molecular weight excluding hydrogens is 414 g/mol. The zero-order valence-corrected chi connectivity index (χ0v) is 17.7. The first kappa shape index (κ1) is 25.3. The largest absolute Gasteiger partial charge is 0.483 e. The third-order valence-corrected chi connectivity index (χ3v) is 5.69. The molecule has 2 aliphatic heterocycles. The van der Waals surface area contributed by atoms with Gasteiger partial charge in [-0.15, -0.1) is 11.3 Å². The van der Waals surface area contributed by atoms with E-state index < -0.39 is 0 Å². The number of piperazine rings is 1. The highest BCUT2D eigenvalue weighted by Crippen LogP contribution is 2.22. The average Bonchev–Trinajstić information content (AvgIpc) is 3.18. The van der Waals surface area contributed by atoms with Crippen LogP contribution in [-0.4, -0.2) is 95.1 Å². The van der Waals surface area contributed by atoms with E-state index in [-0.39, 0.29) is 36.7 Å². The van der Waals surface area contributed by atoms with Gasteiger partial charge in [-0.1, -0.05) is 0 Å². The van der Waals surface area contributed by atoms with Gasteiger partial charge < -0.3 is 30.6 Å². The first-order chi connectivity index (χ1) is 14.4. The molecule has 1 aromatic rings. The summed E-state index contributed by atoms with van der Waals surface area (Å²) < 4.78 is 0. The Morgan fingerprint density at radius 1 is 1.10 bits per heavy atom. The predicted octanol–water partition coefficient (Wildman–Crippen LogP) is -0.221. The fraction of sp³-hybridized carbons (Fsp3) is 0.611. The van der Waals surface area contributed by atoms with Crippen LogP contribution in [0.2, 0.25) is 0 Å². The van der Waals surface area contributed by atoms with Gasteiger partial charge in [-0.2, -0.15) is 0 Å². The molecule has 2 amide bonds. The predicted molar refractivity (Wildman–Crippen MR) is 111 cm³/mol. The first-order valence-corrected chi connectivity index (χ1v) is 10.4. The van der Waals surface area contributed by atoms with Crippen molar-refractivity contribution in [3.63, 3.8) is 0 Å². The molecule has 0 bridgehead atoms. The van der Waals surface area contributed by atoms with E-state index in [1.54, 1.807) is 23.2 Å². The molecule has 30 heavy (non-hydrogen) atoms. The fourth-order valence-electron chi connectivity index (χ4n) is 3.43. The quantitative estimate of drug-likeness (QED) is 0.525. The van der Waals surface area contributed by atoms with Crippen molar-refractivity contribution in [3.05, 3.63) is 11.6 Å². The van der Waals surface area contributed by atoms with Gasteiger partial charge in [-0.25, -0.2) is 4.98 Å². The zero-order valence-electron chi connectivity index (χ0n) is 16.9. The summed E-state index contributed by atoms with van der Waals surface area (Å²) in [6.07, 6.45) is 3.36. The molecule has 2 atom stereocenters. The second-order valence-corrected chi connectivity index (χ2v) is 7.67. The Bertz CT molecular complexity index is 660. The van der Waals surface area contributed by atoms with Gasteiger partial charge in [-0.05, 0) is 12.8 Å². The second-order valence-electron chi connectivity index (χ2n) is 6.80. The summed E-state index contributed by atoms with van der Waals surface area (Å²) in [6.45, 7) is 5.13. The topological polar surface area (TPSA) is 157 Å². The number of nitrogens with two attached hydrogens (primary N) is 1. The van der Waals surface area contributed by atoms with Gasteiger partial charge in [0.15, 0.2) is 5.13 Å². The van der Waals surface area contributed by atoms with E-state index in [2.05, 4.69) is 9.88 Å². The van der Waals surface area contributed by atoms with Crippen LogP contribution in [0.5, 0.6) is 0 Å². The molecule has 0 unspecified atom stereocenters. The molecule has 0 saturated carbocycles. The Labute approximate surface area is 179 Å². The van der Waals surface area contributed by atoms with E-state index in [4.69, 9.17) is 25.5 Å². The van der Waals surface area contributed by atoms with Crippen LogP contribution in [0.15, 0.2) is 11.6 Å². The minimum atomic E-state index is -0.250. The number of thiazole rings is 1. The van der Waals surface area contributed by atoms with Crippen molar-refractivity contribution in [2.75, 3.05) is 44.2 Å². The molecule has 4 N–H and O–H groups in total. The molecule has 11 nitrogen and oxygen atoms in total. The minimum absolute atomic E-state index is 0.00117. The molecule has 0 spiro atoms. The summed E-state index contributed by atoms with van der Waals surface area (Å²) in [5.41, 5.74) is 6.04. The number of likely N-dealkylation sites (tertiary alicyclic amines) is 1. The maximum absolute atomic E-state index is 12.9. The summed E-state index contributed by atoms with van der Waals surface area (Å²) >= 11 is 1.63. The van der Waals surface area contributed by atoms with Crippen molar-refractivity contribution >= 4 is 41.2 Å². The number of anilines is 1. The minimum Gasteiger partial charge on any atom is -0.483 e. The van der Waals surface area contributed by atoms with Crippen LogP contribution < -0.4 is 10.6 Å². The summed E-state index contributed by atoms with van der Waals surface area (Å²) in [6, 6.07) is -0.0338. The Morgan fingerprint density at radius 2 is 1.70 bits per heavy atom. The SMILES string of the molecule is CC(=O)N1C[C@@H](N)CC[C@@H](C(=O)N2CCN(c3nccs3)CC2)C1.O=CO.O=CO. The van der Waals surface area contributed by atoms with Gasteiger partial charge in [0.05, 0.1) is 5.92 Å². The highest BCUT2D eigenvalue weighted by Gasteiger charge is 2.32. The lowest BCUT2D eigenvalue weighted by molar-refractivity contribution is -0.138. The van der Waals surface area contributed by atoms with Crippen molar-refractivity contribution in [1.82, 2.24) is 14.8 Å². The molecule has 168 valence electrons. The highest BCUT2D eigenvalue weighted by atomic mass is 32.1. The third-order valence-electron chi connectivity index (χ3n) is 4.86. The summed E-state index contributed by atoms with van der Waals surface area (Å²) in [5.74, 6) is 0.0294. The zero-order chi connectivity index (χ0) is 22.5. The van der Waals surface area contributed by atoms with Crippen molar-refractivity contribution < 1.29 is 29.4 Å². The molecule has 0 radical (unpaired) electrons. The number of amides is 2. The van der Waals surface area contributed by atoms with E-state index in [0.29, 0.717) is 26.2 Å². The molecule has 0 aromatic carbocycles. The van der Waals surface area contributed by atoms with Gasteiger partial charge in [0.25, 0.3) is 12.9 Å². The van der Waals surface area contributed by atoms with Gasteiger partial charge in [0.1, 0.15) is 0 Å². The van der Waals surface area contributed by atoms with Crippen molar-refractivity contribution in [2.24, 2.45) is 11.7 Å². The number of aromatic nitrogens is 1. The Hall–Kier alpha value is -2.73. The summed E-state index contributed by atoms with van der Waals surface area (Å²) in [7, 11) is 0. The van der Waals surface area contributed by atoms with Gasteiger partial charge in [-0.3, -0.25) is 19.2 Å². The Kier molecular flexibility index (Phi) is 11.4. The molecule has 1 aromatic heterocycles. The van der Waals surface area contributed by atoms with E-state index in [9.17, 15) is 9.59 Å². The number of hydrogen-bond acceptors (Lipinski definition) is 8. The Morgan fingerprint density at radius 3 is 2.20 bits per heavy atom. The van der Waals surface area contributed by atoms with Gasteiger partial charge in [0.2, 0.25) is 11.8 Å². The fourth-order valence-corrected chi connectivity index (χ4v) is 4.13. The average molecular weight is 444 g/mol. The maximum atomic E-state index is 12.9. The molecule has 0 aliphatic carbocycles. The number of carbonyl (C=O) groups is 4. The number of carboxylic acid groups (broad SMARTS) is 2. The number of rotatable bonds is 2. The second kappa shape index (κ2) is 13.5. The lowest BCUT2D eigenvalue weighted by Gasteiger charge is -2.36. The van der Waals surface area contributed by atoms with E-state index in [1.807, 2.05) is 16.5 Å². The smallest absolute Gasteiger partial charge is 0.290 e. The number of hydrogen-bond donors (Lipinski definition) is 3. The highest BCUT2D eigenvalue weighted by molar-refractivity contribution is 7.13. The van der Waals surface area contributed by atoms with Gasteiger partial charge >= 0.3 is 0 Å². The van der Waals surface area contributed by atoms with Crippen LogP contribution >= 0.6 is 11.3 Å². The maximum Gasteiger partial charge on any atom is 0.290 e. The van der Waals surface area contributed by atoms with Crippen LogP contribution in [0.25, 0.3) is 0 Å². The van der Waals surface area contributed by atoms with Crippen molar-refractivity contribution in [2.45, 2.75) is 25.8 Å². The normalized spacial score (nSPS) is 21.2. The van der Waals surface area contributed by atoms with Crippen molar-refractivity contribution in [3.8, 4) is 0 Å². The molecule has 3 rings (SSSR count). The molecular formula is C18H29N5O6S. The van der Waals surface area contributed by atoms with E-state index in [1.165, 1.54) is 0 Å². The van der Waals surface area contributed by atoms with Crippen molar-refractivity contribution in [1.29, 1.82) is 0 Å². The van der Waals surface area contributed by atoms with Crippen LogP contribution in [-0.2, 0) is 19.2 Å². The molecule has 2 fully saturated rings. The number of nitrogens with zero attached hydrogens (tertiary/aromatic N) is 4. The molecule has 3 heterocycles. The van der Waals surface area contributed by atoms with Crippen LogP contribution in [0.3, 0.4) is 0 Å². The number of carbonyl (C=O) groups excluding carboxylic acids is 2.